The summed E-state index contributed by atoms with van der Waals surface area (Å²) in [5.41, 5.74) is 3.52. The SMILES string of the molecule is COC(=O)c1ccc2c(c1)N=C(n1[nH]c(CSc3ncc(C)s3)c(C)c1=O)C2. The number of nitrogens with one attached hydrogen (secondary N) is 1. The predicted octanol–water partition coefficient (Wildman–Crippen LogP) is 3.46. The van der Waals surface area contributed by atoms with Crippen molar-refractivity contribution in [2.24, 2.45) is 4.99 Å². The number of ether oxygens (including phenoxy) is 1. The molecule has 0 atom stereocenters. The molecule has 9 heteroatoms. The van der Waals surface area contributed by atoms with Crippen LogP contribution in [-0.2, 0) is 16.9 Å². The van der Waals surface area contributed by atoms with Crippen molar-refractivity contribution in [1.29, 1.82) is 0 Å². The number of methoxy groups -OCH3 is 1. The van der Waals surface area contributed by atoms with Crippen LogP contribution in [0.4, 0.5) is 5.69 Å². The molecule has 1 aliphatic heterocycles. The number of nitrogens with zero attached hydrogens (tertiary/aromatic N) is 3. The molecule has 0 spiro atoms. The summed E-state index contributed by atoms with van der Waals surface area (Å²) in [7, 11) is 1.35. The molecule has 2 aromatic heterocycles. The number of H-pyrrole nitrogens is 1. The number of benzene rings is 1. The lowest BCUT2D eigenvalue weighted by Crippen LogP contribution is -2.26. The fourth-order valence-corrected chi connectivity index (χ4v) is 4.93. The molecule has 1 aliphatic rings. The van der Waals surface area contributed by atoms with Gasteiger partial charge < -0.3 is 4.74 Å². The summed E-state index contributed by atoms with van der Waals surface area (Å²) >= 11 is 3.24. The average Bonchev–Trinajstić information content (AvgIpc) is 3.37. The normalized spacial score (nSPS) is 12.8. The monoisotopic (exact) mass is 414 g/mol. The van der Waals surface area contributed by atoms with Gasteiger partial charge in [0.25, 0.3) is 5.56 Å². The second-order valence-corrected chi connectivity index (χ2v) is 8.88. The van der Waals surface area contributed by atoms with Gasteiger partial charge in [0.1, 0.15) is 10.2 Å². The molecule has 3 aromatic rings. The second-order valence-electron chi connectivity index (χ2n) is 6.42. The molecule has 0 radical (unpaired) electrons. The number of aromatic nitrogens is 3. The Labute approximate surface area is 169 Å². The maximum absolute atomic E-state index is 12.7. The number of hydrogen-bond acceptors (Lipinski definition) is 7. The van der Waals surface area contributed by atoms with Gasteiger partial charge in [-0.15, -0.1) is 11.3 Å². The van der Waals surface area contributed by atoms with Crippen LogP contribution in [0.1, 0.15) is 32.1 Å². The third-order valence-corrected chi connectivity index (χ3v) is 6.62. The highest BCUT2D eigenvalue weighted by molar-refractivity contribution is 8.00. The van der Waals surface area contributed by atoms with Crippen LogP contribution in [-0.4, -0.2) is 33.7 Å². The Morgan fingerprint density at radius 1 is 1.39 bits per heavy atom. The highest BCUT2D eigenvalue weighted by Gasteiger charge is 2.22. The van der Waals surface area contributed by atoms with Crippen molar-refractivity contribution in [2.45, 2.75) is 30.4 Å². The first kappa shape index (κ1) is 18.7. The largest absolute Gasteiger partial charge is 0.465 e. The number of carbonyl (C=O) groups excluding carboxylic acids is 1. The van der Waals surface area contributed by atoms with E-state index in [4.69, 9.17) is 4.74 Å². The molecule has 3 heterocycles. The van der Waals surface area contributed by atoms with Crippen molar-refractivity contribution in [1.82, 2.24) is 14.8 Å². The third-order valence-electron chi connectivity index (χ3n) is 4.53. The molecule has 0 aliphatic carbocycles. The van der Waals surface area contributed by atoms with Gasteiger partial charge in [-0.3, -0.25) is 9.89 Å². The molecule has 7 nitrogen and oxygen atoms in total. The summed E-state index contributed by atoms with van der Waals surface area (Å²) in [5, 5.41) is 3.19. The van der Waals surface area contributed by atoms with E-state index in [1.165, 1.54) is 11.8 Å². The van der Waals surface area contributed by atoms with E-state index in [-0.39, 0.29) is 5.56 Å². The molecular weight excluding hydrogens is 396 g/mol. The number of esters is 1. The Morgan fingerprint density at radius 2 is 2.21 bits per heavy atom. The van der Waals surface area contributed by atoms with E-state index in [1.54, 1.807) is 35.2 Å². The van der Waals surface area contributed by atoms with Gasteiger partial charge in [0.15, 0.2) is 0 Å². The van der Waals surface area contributed by atoms with E-state index >= 15 is 0 Å². The van der Waals surface area contributed by atoms with Crippen molar-refractivity contribution in [3.05, 3.63) is 62.0 Å². The third kappa shape index (κ3) is 3.43. The van der Waals surface area contributed by atoms with Gasteiger partial charge >= 0.3 is 5.97 Å². The van der Waals surface area contributed by atoms with Crippen molar-refractivity contribution in [3.63, 3.8) is 0 Å². The topological polar surface area (TPSA) is 89.3 Å². The number of thioether (sulfide) groups is 1. The number of rotatable bonds is 4. The molecular formula is C19H18N4O3S2. The van der Waals surface area contributed by atoms with Crippen molar-refractivity contribution in [3.8, 4) is 0 Å². The van der Waals surface area contributed by atoms with E-state index in [0.717, 1.165) is 20.5 Å². The maximum Gasteiger partial charge on any atom is 0.337 e. The van der Waals surface area contributed by atoms with Gasteiger partial charge in [0.2, 0.25) is 0 Å². The van der Waals surface area contributed by atoms with Crippen LogP contribution in [0.5, 0.6) is 0 Å². The number of thiazole rings is 1. The highest BCUT2D eigenvalue weighted by Crippen LogP contribution is 2.29. The van der Waals surface area contributed by atoms with Crippen LogP contribution in [0.15, 0.2) is 38.5 Å². The number of aromatic amines is 1. The minimum Gasteiger partial charge on any atom is -0.465 e. The van der Waals surface area contributed by atoms with Gasteiger partial charge in [-0.05, 0) is 31.5 Å². The maximum atomic E-state index is 12.7. The highest BCUT2D eigenvalue weighted by atomic mass is 32.2. The zero-order valence-corrected chi connectivity index (χ0v) is 17.2. The number of hydrogen-bond donors (Lipinski definition) is 1. The Hall–Kier alpha value is -2.65. The van der Waals surface area contributed by atoms with E-state index in [9.17, 15) is 9.59 Å². The van der Waals surface area contributed by atoms with Gasteiger partial charge in [0.05, 0.1) is 24.1 Å². The Balaban J connectivity index is 1.59. The first-order valence-corrected chi connectivity index (χ1v) is 10.4. The zero-order chi connectivity index (χ0) is 19.8. The van der Waals surface area contributed by atoms with E-state index in [2.05, 4.69) is 15.1 Å². The molecule has 0 fully saturated rings. The lowest BCUT2D eigenvalue weighted by molar-refractivity contribution is 0.0601. The van der Waals surface area contributed by atoms with Crippen molar-refractivity contribution in [2.75, 3.05) is 7.11 Å². The molecule has 1 aromatic carbocycles. The zero-order valence-electron chi connectivity index (χ0n) is 15.6. The standard InChI is InChI=1S/C19H18N4O3S2/c1-10-8-20-19(28-10)27-9-15-11(2)17(24)23(22-15)16-7-12-4-5-13(18(25)26-3)6-14(12)21-16/h4-6,8,22H,7,9H2,1-3H3. The quantitative estimate of drug-likeness (QED) is 0.522. The number of aryl methyl sites for hydroxylation is 1. The van der Waals surface area contributed by atoms with Gasteiger partial charge in [-0.25, -0.2) is 19.5 Å². The van der Waals surface area contributed by atoms with Crippen LogP contribution in [0.3, 0.4) is 0 Å². The predicted molar refractivity (Wildman–Crippen MR) is 110 cm³/mol. The molecule has 0 saturated carbocycles. The van der Waals surface area contributed by atoms with Crippen LogP contribution in [0.25, 0.3) is 0 Å². The second kappa shape index (κ2) is 7.40. The van der Waals surface area contributed by atoms with E-state index in [0.29, 0.717) is 34.8 Å². The molecule has 1 N–H and O–H groups in total. The molecule has 28 heavy (non-hydrogen) atoms. The summed E-state index contributed by atoms with van der Waals surface area (Å²) in [6, 6.07) is 5.25. The minimum atomic E-state index is -0.406. The van der Waals surface area contributed by atoms with Gasteiger partial charge in [-0.2, -0.15) is 0 Å². The summed E-state index contributed by atoms with van der Waals surface area (Å²) in [4.78, 5) is 34.5. The average molecular weight is 415 g/mol. The van der Waals surface area contributed by atoms with Gasteiger partial charge in [0, 0.05) is 28.8 Å². The number of carbonyl (C=O) groups is 1. The van der Waals surface area contributed by atoms with Crippen LogP contribution < -0.4 is 5.56 Å². The molecule has 144 valence electrons. The smallest absolute Gasteiger partial charge is 0.337 e. The summed E-state index contributed by atoms with van der Waals surface area (Å²) in [6.07, 6.45) is 2.37. The summed E-state index contributed by atoms with van der Waals surface area (Å²) in [5.74, 6) is 0.843. The van der Waals surface area contributed by atoms with E-state index in [1.807, 2.05) is 26.1 Å². The summed E-state index contributed by atoms with van der Waals surface area (Å²) < 4.78 is 7.23. The Kier molecular flexibility index (Phi) is 4.94. The Bertz CT molecular complexity index is 1160. The molecule has 0 bridgehead atoms. The fraction of sp³-hybridized carbons (Fsp3) is 0.263. The van der Waals surface area contributed by atoms with E-state index < -0.39 is 5.97 Å². The molecule has 0 amide bonds. The van der Waals surface area contributed by atoms with Gasteiger partial charge in [-0.1, -0.05) is 17.8 Å². The van der Waals surface area contributed by atoms with Crippen LogP contribution in [0.2, 0.25) is 0 Å². The number of aliphatic imine (C=N–C) groups is 1. The molecule has 4 rings (SSSR count). The molecule has 0 saturated heterocycles. The number of fused-ring (bicyclic) bond motifs is 1. The molecule has 0 unspecified atom stereocenters. The van der Waals surface area contributed by atoms with Crippen molar-refractivity contribution < 1.29 is 9.53 Å². The minimum absolute atomic E-state index is 0.106. The first-order valence-electron chi connectivity index (χ1n) is 8.61. The fourth-order valence-electron chi connectivity index (χ4n) is 2.96. The van der Waals surface area contributed by atoms with Crippen LogP contribution in [0, 0.1) is 13.8 Å². The first-order chi connectivity index (χ1) is 13.5. The Morgan fingerprint density at radius 3 is 2.93 bits per heavy atom. The van der Waals surface area contributed by atoms with Crippen LogP contribution >= 0.6 is 23.1 Å². The lowest BCUT2D eigenvalue weighted by atomic mass is 10.1. The van der Waals surface area contributed by atoms with Crippen molar-refractivity contribution >= 4 is 40.6 Å². The summed E-state index contributed by atoms with van der Waals surface area (Å²) in [6.45, 7) is 3.84. The lowest BCUT2D eigenvalue weighted by Gasteiger charge is -2.01.